The fourth-order valence-electron chi connectivity index (χ4n) is 2.89. The molecule has 0 bridgehead atoms. The van der Waals surface area contributed by atoms with Gasteiger partial charge in [0.05, 0.1) is 25.8 Å². The van der Waals surface area contributed by atoms with Crippen LogP contribution in [-0.2, 0) is 29.1 Å². The highest BCUT2D eigenvalue weighted by atomic mass is 32.2. The van der Waals surface area contributed by atoms with E-state index in [-0.39, 0.29) is 30.5 Å². The SMILES string of the molecule is CCn1c(CNC(=O)Cc2ccc(OC)cc2)nnc1SCC(=O)Nc1ccccc1. The number of rotatable bonds is 10. The molecule has 0 aliphatic carbocycles. The van der Waals surface area contributed by atoms with Crippen molar-refractivity contribution in [3.05, 3.63) is 66.0 Å². The standard InChI is InChI=1S/C22H25N5O3S/c1-3-27-19(14-23-20(28)13-16-9-11-18(30-2)12-10-16)25-26-22(27)31-15-21(29)24-17-7-5-4-6-8-17/h4-12H,3,13-15H2,1-2H3,(H,23,28)(H,24,29). The average Bonchev–Trinajstić information content (AvgIpc) is 3.19. The molecule has 8 nitrogen and oxygen atoms in total. The van der Waals surface area contributed by atoms with Gasteiger partial charge in [-0.1, -0.05) is 42.1 Å². The van der Waals surface area contributed by atoms with Gasteiger partial charge in [0.25, 0.3) is 0 Å². The summed E-state index contributed by atoms with van der Waals surface area (Å²) in [6, 6.07) is 16.7. The molecule has 2 aromatic carbocycles. The molecule has 1 heterocycles. The molecule has 3 aromatic rings. The van der Waals surface area contributed by atoms with Crippen LogP contribution in [0.5, 0.6) is 5.75 Å². The largest absolute Gasteiger partial charge is 0.497 e. The van der Waals surface area contributed by atoms with E-state index in [1.165, 1.54) is 11.8 Å². The van der Waals surface area contributed by atoms with Crippen LogP contribution >= 0.6 is 11.8 Å². The zero-order valence-electron chi connectivity index (χ0n) is 17.5. The van der Waals surface area contributed by atoms with Crippen molar-refractivity contribution >= 4 is 29.3 Å². The summed E-state index contributed by atoms with van der Waals surface area (Å²) in [6.07, 6.45) is 0.269. The summed E-state index contributed by atoms with van der Waals surface area (Å²) in [5.41, 5.74) is 1.65. The second kappa shape index (κ2) is 11.2. The van der Waals surface area contributed by atoms with E-state index in [0.29, 0.717) is 17.5 Å². The van der Waals surface area contributed by atoms with Crippen molar-refractivity contribution < 1.29 is 14.3 Å². The van der Waals surface area contributed by atoms with Crippen molar-refractivity contribution in [3.8, 4) is 5.75 Å². The molecule has 0 radical (unpaired) electrons. The quantitative estimate of drug-likeness (QED) is 0.472. The zero-order valence-corrected chi connectivity index (χ0v) is 18.3. The van der Waals surface area contributed by atoms with Gasteiger partial charge in [-0.3, -0.25) is 9.59 Å². The minimum absolute atomic E-state index is 0.104. The summed E-state index contributed by atoms with van der Waals surface area (Å²) in [4.78, 5) is 24.4. The summed E-state index contributed by atoms with van der Waals surface area (Å²) in [7, 11) is 1.61. The highest BCUT2D eigenvalue weighted by Gasteiger charge is 2.14. The molecule has 9 heteroatoms. The highest BCUT2D eigenvalue weighted by molar-refractivity contribution is 7.99. The van der Waals surface area contributed by atoms with Crippen LogP contribution < -0.4 is 15.4 Å². The number of carbonyl (C=O) groups is 2. The number of thioether (sulfide) groups is 1. The minimum atomic E-state index is -0.115. The molecule has 2 N–H and O–H groups in total. The topological polar surface area (TPSA) is 98.1 Å². The van der Waals surface area contributed by atoms with E-state index in [2.05, 4.69) is 20.8 Å². The molecule has 0 fully saturated rings. The predicted molar refractivity (Wildman–Crippen MR) is 120 cm³/mol. The number of benzene rings is 2. The molecule has 0 unspecified atom stereocenters. The van der Waals surface area contributed by atoms with Crippen molar-refractivity contribution in [2.45, 2.75) is 31.6 Å². The third-order valence-electron chi connectivity index (χ3n) is 4.47. The molecule has 0 aliphatic rings. The Hall–Kier alpha value is -3.33. The first kappa shape index (κ1) is 22.4. The summed E-state index contributed by atoms with van der Waals surface area (Å²) >= 11 is 1.31. The maximum absolute atomic E-state index is 12.3. The van der Waals surface area contributed by atoms with Gasteiger partial charge in [-0.25, -0.2) is 0 Å². The van der Waals surface area contributed by atoms with Gasteiger partial charge in [-0.15, -0.1) is 10.2 Å². The maximum atomic E-state index is 12.3. The number of nitrogens with one attached hydrogen (secondary N) is 2. The molecule has 0 aliphatic heterocycles. The van der Waals surface area contributed by atoms with E-state index < -0.39 is 0 Å². The lowest BCUT2D eigenvalue weighted by molar-refractivity contribution is -0.120. The number of hydrogen-bond donors (Lipinski definition) is 2. The van der Waals surface area contributed by atoms with Crippen LogP contribution in [0.2, 0.25) is 0 Å². The Bertz CT molecular complexity index is 1010. The summed E-state index contributed by atoms with van der Waals surface area (Å²) < 4.78 is 7.02. The number of amides is 2. The third kappa shape index (κ3) is 6.58. The summed E-state index contributed by atoms with van der Waals surface area (Å²) in [5, 5.41) is 14.7. The van der Waals surface area contributed by atoms with Gasteiger partial charge in [0, 0.05) is 12.2 Å². The van der Waals surface area contributed by atoms with Crippen molar-refractivity contribution in [2.75, 3.05) is 18.2 Å². The van der Waals surface area contributed by atoms with E-state index in [0.717, 1.165) is 17.0 Å². The highest BCUT2D eigenvalue weighted by Crippen LogP contribution is 2.18. The van der Waals surface area contributed by atoms with Gasteiger partial charge in [-0.05, 0) is 36.8 Å². The Balaban J connectivity index is 1.50. The van der Waals surface area contributed by atoms with E-state index >= 15 is 0 Å². The molecule has 3 rings (SSSR count). The van der Waals surface area contributed by atoms with Gasteiger partial charge in [0.15, 0.2) is 11.0 Å². The van der Waals surface area contributed by atoms with Crippen molar-refractivity contribution in [2.24, 2.45) is 0 Å². The zero-order chi connectivity index (χ0) is 22.1. The van der Waals surface area contributed by atoms with Crippen LogP contribution in [0.1, 0.15) is 18.3 Å². The number of anilines is 1. The van der Waals surface area contributed by atoms with Crippen LogP contribution in [0.3, 0.4) is 0 Å². The predicted octanol–water partition coefficient (Wildman–Crippen LogP) is 2.90. The lowest BCUT2D eigenvalue weighted by Crippen LogP contribution is -2.26. The number of para-hydroxylation sites is 1. The third-order valence-corrected chi connectivity index (χ3v) is 5.43. The van der Waals surface area contributed by atoms with Gasteiger partial charge in [-0.2, -0.15) is 0 Å². The van der Waals surface area contributed by atoms with Crippen LogP contribution in [-0.4, -0.2) is 39.4 Å². The fourth-order valence-corrected chi connectivity index (χ4v) is 3.71. The smallest absolute Gasteiger partial charge is 0.234 e. The Morgan fingerprint density at radius 3 is 2.45 bits per heavy atom. The van der Waals surface area contributed by atoms with Crippen molar-refractivity contribution in [1.82, 2.24) is 20.1 Å². The molecule has 0 atom stereocenters. The number of methoxy groups -OCH3 is 1. The van der Waals surface area contributed by atoms with Crippen LogP contribution in [0.4, 0.5) is 5.69 Å². The van der Waals surface area contributed by atoms with Crippen molar-refractivity contribution in [1.29, 1.82) is 0 Å². The minimum Gasteiger partial charge on any atom is -0.497 e. The number of ether oxygens (including phenoxy) is 1. The fraction of sp³-hybridized carbons (Fsp3) is 0.273. The van der Waals surface area contributed by atoms with E-state index in [1.54, 1.807) is 7.11 Å². The lowest BCUT2D eigenvalue weighted by atomic mass is 10.1. The molecular formula is C22H25N5O3S. The van der Waals surface area contributed by atoms with E-state index in [4.69, 9.17) is 4.74 Å². The molecule has 0 spiro atoms. The first-order chi connectivity index (χ1) is 15.1. The number of carbonyl (C=O) groups excluding carboxylic acids is 2. The Kier molecular flexibility index (Phi) is 8.05. The molecule has 1 aromatic heterocycles. The van der Waals surface area contributed by atoms with Crippen LogP contribution in [0.15, 0.2) is 59.8 Å². The molecule has 162 valence electrons. The summed E-state index contributed by atoms with van der Waals surface area (Å²) in [6.45, 7) is 2.88. The van der Waals surface area contributed by atoms with Gasteiger partial charge in [0.2, 0.25) is 11.8 Å². The Morgan fingerprint density at radius 2 is 1.77 bits per heavy atom. The lowest BCUT2D eigenvalue weighted by Gasteiger charge is -2.09. The Labute approximate surface area is 185 Å². The second-order valence-corrected chi connectivity index (χ2v) is 7.59. The van der Waals surface area contributed by atoms with Gasteiger partial charge in [0.1, 0.15) is 5.75 Å². The first-order valence-electron chi connectivity index (χ1n) is 9.88. The van der Waals surface area contributed by atoms with E-state index in [9.17, 15) is 9.59 Å². The number of nitrogens with zero attached hydrogens (tertiary/aromatic N) is 3. The molecule has 0 saturated heterocycles. The number of hydrogen-bond acceptors (Lipinski definition) is 6. The molecule has 0 saturated carbocycles. The second-order valence-electron chi connectivity index (χ2n) is 6.65. The van der Waals surface area contributed by atoms with Gasteiger partial charge >= 0.3 is 0 Å². The monoisotopic (exact) mass is 439 g/mol. The van der Waals surface area contributed by atoms with Crippen LogP contribution in [0.25, 0.3) is 0 Å². The summed E-state index contributed by atoms with van der Waals surface area (Å²) in [5.74, 6) is 1.40. The number of aromatic nitrogens is 3. The van der Waals surface area contributed by atoms with Crippen LogP contribution in [0, 0.1) is 0 Å². The maximum Gasteiger partial charge on any atom is 0.234 e. The van der Waals surface area contributed by atoms with Crippen molar-refractivity contribution in [3.63, 3.8) is 0 Å². The van der Waals surface area contributed by atoms with Gasteiger partial charge < -0.3 is 19.9 Å². The Morgan fingerprint density at radius 1 is 1.03 bits per heavy atom. The average molecular weight is 440 g/mol. The van der Waals surface area contributed by atoms with E-state index in [1.807, 2.05) is 66.1 Å². The molecular weight excluding hydrogens is 414 g/mol. The molecule has 2 amide bonds. The molecule has 31 heavy (non-hydrogen) atoms. The first-order valence-corrected chi connectivity index (χ1v) is 10.9. The normalized spacial score (nSPS) is 10.5.